The minimum atomic E-state index is 0.0788. The van der Waals surface area contributed by atoms with Crippen molar-refractivity contribution in [2.24, 2.45) is 0 Å². The molecule has 2 atom stereocenters. The first-order valence-electron chi connectivity index (χ1n) is 7.65. The summed E-state index contributed by atoms with van der Waals surface area (Å²) in [5.41, 5.74) is 3.19. The summed E-state index contributed by atoms with van der Waals surface area (Å²) in [7, 11) is 0. The fourth-order valence-electron chi connectivity index (χ4n) is 2.75. The number of carbonyl (C=O) groups is 1. The first-order valence-corrected chi connectivity index (χ1v) is 7.65. The van der Waals surface area contributed by atoms with E-state index in [4.69, 9.17) is 4.74 Å². The van der Waals surface area contributed by atoms with Gasteiger partial charge < -0.3 is 10.1 Å². The van der Waals surface area contributed by atoms with Gasteiger partial charge in [-0.15, -0.1) is 0 Å². The van der Waals surface area contributed by atoms with Crippen LogP contribution in [0.15, 0.2) is 0 Å². The number of carbonyl (C=O) groups excluding carboxylic acids is 1. The maximum absolute atomic E-state index is 12.1. The van der Waals surface area contributed by atoms with Crippen molar-refractivity contribution in [2.75, 3.05) is 26.3 Å². The lowest BCUT2D eigenvalue weighted by Gasteiger charge is -2.35. The summed E-state index contributed by atoms with van der Waals surface area (Å²) >= 11 is 0. The van der Waals surface area contributed by atoms with Crippen LogP contribution in [-0.4, -0.2) is 53.3 Å². The lowest BCUT2D eigenvalue weighted by atomic mass is 10.0. The second-order valence-corrected chi connectivity index (χ2v) is 5.79. The van der Waals surface area contributed by atoms with Crippen LogP contribution in [-0.2, 0) is 9.53 Å². The summed E-state index contributed by atoms with van der Waals surface area (Å²) in [5.74, 6) is 0.0788. The van der Waals surface area contributed by atoms with Gasteiger partial charge in [-0.1, -0.05) is 6.92 Å². The lowest BCUT2D eigenvalue weighted by molar-refractivity contribution is -0.125. The number of rotatable bonds is 5. The molecule has 1 aromatic rings. The van der Waals surface area contributed by atoms with Crippen LogP contribution in [0.25, 0.3) is 0 Å². The normalized spacial score (nSPS) is 21.2. The topological polar surface area (TPSA) is 70.2 Å². The van der Waals surface area contributed by atoms with E-state index >= 15 is 0 Å². The lowest BCUT2D eigenvalue weighted by Crippen LogP contribution is -2.46. The Labute approximate surface area is 126 Å². The number of aryl methyl sites for hydroxylation is 2. The fraction of sp³-hybridized carbons (Fsp3) is 0.733. The highest BCUT2D eigenvalue weighted by molar-refractivity contribution is 5.78. The first-order chi connectivity index (χ1) is 10.0. The molecule has 118 valence electrons. The van der Waals surface area contributed by atoms with Crippen LogP contribution < -0.4 is 5.32 Å². The van der Waals surface area contributed by atoms with E-state index in [1.54, 1.807) is 0 Å². The highest BCUT2D eigenvalue weighted by atomic mass is 16.5. The monoisotopic (exact) mass is 294 g/mol. The molecule has 1 amide bonds. The van der Waals surface area contributed by atoms with Gasteiger partial charge in [0.05, 0.1) is 31.5 Å². The van der Waals surface area contributed by atoms with Crippen LogP contribution in [0.2, 0.25) is 0 Å². The summed E-state index contributed by atoms with van der Waals surface area (Å²) in [6.07, 6.45) is 0.943. The molecule has 6 heteroatoms. The minimum absolute atomic E-state index is 0.0788. The fourth-order valence-corrected chi connectivity index (χ4v) is 2.75. The Hall–Kier alpha value is -1.40. The average Bonchev–Trinajstić information content (AvgIpc) is 2.78. The SMILES string of the molecule is CCC(C)NC(=O)CN1CCOCC1c1c(C)n[nH]c1C. The van der Waals surface area contributed by atoms with Gasteiger partial charge in [-0.25, -0.2) is 0 Å². The largest absolute Gasteiger partial charge is 0.378 e. The molecule has 0 aromatic carbocycles. The van der Waals surface area contributed by atoms with Gasteiger partial charge >= 0.3 is 0 Å². The maximum atomic E-state index is 12.1. The van der Waals surface area contributed by atoms with E-state index in [0.717, 1.165) is 29.9 Å². The molecule has 1 fully saturated rings. The van der Waals surface area contributed by atoms with Crippen molar-refractivity contribution in [1.29, 1.82) is 0 Å². The Balaban J connectivity index is 2.07. The van der Waals surface area contributed by atoms with Crippen molar-refractivity contribution in [3.05, 3.63) is 17.0 Å². The number of nitrogens with zero attached hydrogens (tertiary/aromatic N) is 2. The molecular formula is C15H26N4O2. The second kappa shape index (κ2) is 7.04. The Kier molecular flexibility index (Phi) is 5.36. The van der Waals surface area contributed by atoms with Crippen molar-refractivity contribution in [1.82, 2.24) is 20.4 Å². The molecule has 0 aliphatic carbocycles. The van der Waals surface area contributed by atoms with Crippen LogP contribution in [0.5, 0.6) is 0 Å². The van der Waals surface area contributed by atoms with Gasteiger partial charge in [0.1, 0.15) is 0 Å². The zero-order valence-corrected chi connectivity index (χ0v) is 13.4. The predicted octanol–water partition coefficient (Wildman–Crippen LogP) is 1.31. The maximum Gasteiger partial charge on any atom is 0.234 e. The predicted molar refractivity (Wildman–Crippen MR) is 81.1 cm³/mol. The Morgan fingerprint density at radius 2 is 2.33 bits per heavy atom. The molecule has 1 saturated heterocycles. The zero-order chi connectivity index (χ0) is 15.4. The van der Waals surface area contributed by atoms with E-state index in [-0.39, 0.29) is 18.0 Å². The summed E-state index contributed by atoms with van der Waals surface area (Å²) in [6.45, 7) is 10.6. The van der Waals surface area contributed by atoms with Crippen molar-refractivity contribution >= 4 is 5.91 Å². The van der Waals surface area contributed by atoms with Crippen LogP contribution in [0, 0.1) is 13.8 Å². The molecule has 2 unspecified atom stereocenters. The number of amides is 1. The Bertz CT molecular complexity index is 467. The number of morpholine rings is 1. The molecule has 1 aliphatic heterocycles. The van der Waals surface area contributed by atoms with Gasteiger partial charge in [0, 0.05) is 23.8 Å². The summed E-state index contributed by atoms with van der Waals surface area (Å²) < 4.78 is 5.61. The molecule has 0 spiro atoms. The Morgan fingerprint density at radius 3 is 2.95 bits per heavy atom. The molecule has 0 radical (unpaired) electrons. The second-order valence-electron chi connectivity index (χ2n) is 5.79. The molecule has 2 heterocycles. The van der Waals surface area contributed by atoms with Crippen molar-refractivity contribution in [3.8, 4) is 0 Å². The number of aromatic nitrogens is 2. The number of hydrogen-bond donors (Lipinski definition) is 2. The van der Waals surface area contributed by atoms with E-state index in [0.29, 0.717) is 19.8 Å². The molecule has 0 bridgehead atoms. The van der Waals surface area contributed by atoms with Gasteiger partial charge in [0.2, 0.25) is 5.91 Å². The first kappa shape index (κ1) is 16.0. The minimum Gasteiger partial charge on any atom is -0.378 e. The van der Waals surface area contributed by atoms with E-state index in [9.17, 15) is 4.79 Å². The summed E-state index contributed by atoms with van der Waals surface area (Å²) in [5, 5.41) is 10.3. The standard InChI is InChI=1S/C15H26N4O2/c1-5-10(2)16-14(20)8-19-6-7-21-9-13(19)15-11(3)17-18-12(15)4/h10,13H,5-9H2,1-4H3,(H,16,20)(H,17,18). The van der Waals surface area contributed by atoms with E-state index < -0.39 is 0 Å². The van der Waals surface area contributed by atoms with Crippen molar-refractivity contribution in [3.63, 3.8) is 0 Å². The highest BCUT2D eigenvalue weighted by Gasteiger charge is 2.29. The third-order valence-corrected chi connectivity index (χ3v) is 4.12. The summed E-state index contributed by atoms with van der Waals surface area (Å²) in [4.78, 5) is 14.3. The molecule has 0 saturated carbocycles. The van der Waals surface area contributed by atoms with Gasteiger partial charge in [-0.05, 0) is 27.2 Å². The van der Waals surface area contributed by atoms with Gasteiger partial charge in [-0.3, -0.25) is 14.8 Å². The smallest absolute Gasteiger partial charge is 0.234 e. The van der Waals surface area contributed by atoms with Crippen LogP contribution in [0.3, 0.4) is 0 Å². The number of aromatic amines is 1. The molecule has 2 N–H and O–H groups in total. The number of hydrogen-bond acceptors (Lipinski definition) is 4. The van der Waals surface area contributed by atoms with Crippen molar-refractivity contribution < 1.29 is 9.53 Å². The van der Waals surface area contributed by atoms with E-state index in [2.05, 4.69) is 27.3 Å². The average molecular weight is 294 g/mol. The zero-order valence-electron chi connectivity index (χ0n) is 13.4. The quantitative estimate of drug-likeness (QED) is 0.859. The van der Waals surface area contributed by atoms with E-state index in [1.165, 1.54) is 0 Å². The number of nitrogens with one attached hydrogen (secondary N) is 2. The van der Waals surface area contributed by atoms with Crippen LogP contribution in [0.1, 0.15) is 43.3 Å². The molecule has 6 nitrogen and oxygen atoms in total. The van der Waals surface area contributed by atoms with Crippen LogP contribution in [0.4, 0.5) is 0 Å². The molecule has 1 aliphatic rings. The van der Waals surface area contributed by atoms with Gasteiger partial charge in [0.15, 0.2) is 0 Å². The van der Waals surface area contributed by atoms with Gasteiger partial charge in [0.25, 0.3) is 0 Å². The molecule has 2 rings (SSSR count). The van der Waals surface area contributed by atoms with E-state index in [1.807, 2.05) is 20.8 Å². The molecule has 1 aromatic heterocycles. The third kappa shape index (κ3) is 3.83. The van der Waals surface area contributed by atoms with Crippen molar-refractivity contribution in [2.45, 2.75) is 46.2 Å². The molecule has 21 heavy (non-hydrogen) atoms. The number of H-pyrrole nitrogens is 1. The number of ether oxygens (including phenoxy) is 1. The van der Waals surface area contributed by atoms with Gasteiger partial charge in [-0.2, -0.15) is 5.10 Å². The Morgan fingerprint density at radius 1 is 1.57 bits per heavy atom. The molecular weight excluding hydrogens is 268 g/mol. The van der Waals surface area contributed by atoms with Crippen LogP contribution >= 0.6 is 0 Å². The summed E-state index contributed by atoms with van der Waals surface area (Å²) in [6, 6.07) is 0.314. The third-order valence-electron chi connectivity index (χ3n) is 4.12. The highest BCUT2D eigenvalue weighted by Crippen LogP contribution is 2.27.